The molecule has 4 rings (SSSR count). The van der Waals surface area contributed by atoms with Crippen LogP contribution in [0.5, 0.6) is 5.75 Å². The van der Waals surface area contributed by atoms with E-state index in [-0.39, 0.29) is 4.59 Å². The minimum atomic E-state index is -4.41. The Morgan fingerprint density at radius 3 is 2.24 bits per heavy atom. The summed E-state index contributed by atoms with van der Waals surface area (Å²) < 4.78 is 44.8. The van der Waals surface area contributed by atoms with Crippen molar-refractivity contribution in [2.75, 3.05) is 5.88 Å². The predicted molar refractivity (Wildman–Crippen MR) is 124 cm³/mol. The van der Waals surface area contributed by atoms with E-state index in [4.69, 9.17) is 9.84 Å². The molecule has 0 amide bonds. The Balaban J connectivity index is 1.60. The maximum atomic E-state index is 13.1. The maximum absolute atomic E-state index is 13.1. The Labute approximate surface area is 198 Å². The molecule has 5 nitrogen and oxygen atoms in total. The fraction of sp³-hybridized carbons (Fsp3) is 0.200. The summed E-state index contributed by atoms with van der Waals surface area (Å²) in [6.07, 6.45) is -2.48. The van der Waals surface area contributed by atoms with Gasteiger partial charge in [0.05, 0.1) is 10.8 Å². The number of rotatable bonds is 7. The number of carboxylic acid groups (broad SMARTS) is 1. The summed E-state index contributed by atoms with van der Waals surface area (Å²) in [5.74, 6) is -0.242. The van der Waals surface area contributed by atoms with Crippen LogP contribution in [0, 0.1) is 0 Å². The monoisotopic (exact) mass is 487 g/mol. The summed E-state index contributed by atoms with van der Waals surface area (Å²) in [4.78, 5) is 12.2. The van der Waals surface area contributed by atoms with Crippen LogP contribution >= 0.6 is 11.8 Å². The molecule has 0 bridgehead atoms. The molecular formula is C25H22F3N2O3S+. The molecule has 9 heteroatoms. The quantitative estimate of drug-likeness (QED) is 0.377. The predicted octanol–water partition coefficient (Wildman–Crippen LogP) is 4.99. The first kappa shape index (κ1) is 23.8. The Morgan fingerprint density at radius 2 is 1.65 bits per heavy atom. The maximum Gasteiger partial charge on any atom is 0.416 e. The van der Waals surface area contributed by atoms with E-state index in [9.17, 15) is 23.1 Å². The minimum Gasteiger partial charge on any atom is -0.478 e. The number of carbonyl (C=O) groups is 1. The minimum absolute atomic E-state index is 0.00640. The lowest BCUT2D eigenvalue weighted by Crippen LogP contribution is -2.37. The van der Waals surface area contributed by atoms with Crippen LogP contribution in [-0.2, 0) is 11.0 Å². The number of hydrogen-bond acceptors (Lipinski definition) is 4. The van der Waals surface area contributed by atoms with E-state index < -0.39 is 23.3 Å². The van der Waals surface area contributed by atoms with Gasteiger partial charge in [-0.2, -0.15) is 13.2 Å². The van der Waals surface area contributed by atoms with Gasteiger partial charge in [-0.05, 0) is 62.4 Å². The van der Waals surface area contributed by atoms with Gasteiger partial charge in [-0.3, -0.25) is 0 Å². The van der Waals surface area contributed by atoms with Crippen molar-refractivity contribution in [2.24, 2.45) is 5.10 Å². The van der Waals surface area contributed by atoms with Crippen LogP contribution in [-0.4, -0.2) is 22.6 Å². The van der Waals surface area contributed by atoms with E-state index in [1.807, 2.05) is 42.6 Å². The smallest absolute Gasteiger partial charge is 0.416 e. The summed E-state index contributed by atoms with van der Waals surface area (Å²) >= 11 is 1.48. The number of alkyl halides is 3. The van der Waals surface area contributed by atoms with Crippen LogP contribution in [0.15, 0.2) is 82.8 Å². The van der Waals surface area contributed by atoms with Gasteiger partial charge in [0.1, 0.15) is 17.3 Å². The Morgan fingerprint density at radius 1 is 1.00 bits per heavy atom. The van der Waals surface area contributed by atoms with Crippen molar-refractivity contribution in [1.29, 1.82) is 0 Å². The van der Waals surface area contributed by atoms with Crippen molar-refractivity contribution >= 4 is 29.6 Å². The molecule has 1 aliphatic heterocycles. The first-order valence-corrected chi connectivity index (χ1v) is 11.4. The van der Waals surface area contributed by atoms with Crippen molar-refractivity contribution in [3.05, 3.63) is 88.9 Å². The van der Waals surface area contributed by atoms with Gasteiger partial charge in [0.2, 0.25) is 0 Å². The molecule has 0 saturated carbocycles. The van der Waals surface area contributed by atoms with Crippen molar-refractivity contribution in [3.63, 3.8) is 0 Å². The molecule has 0 aromatic heterocycles. The zero-order valence-corrected chi connectivity index (χ0v) is 19.2. The zero-order valence-electron chi connectivity index (χ0n) is 18.4. The number of ether oxygens (including phenoxy) is 1. The molecule has 34 heavy (non-hydrogen) atoms. The topological polar surface area (TPSA) is 58.9 Å². The van der Waals surface area contributed by atoms with Gasteiger partial charge >= 0.3 is 12.1 Å². The average Bonchev–Trinajstić information content (AvgIpc) is 3.18. The molecule has 1 unspecified atom stereocenters. The highest BCUT2D eigenvalue weighted by molar-refractivity contribution is 7.99. The van der Waals surface area contributed by atoms with Crippen molar-refractivity contribution in [3.8, 4) is 5.75 Å². The van der Waals surface area contributed by atoms with E-state index in [0.29, 0.717) is 17.3 Å². The molecular weight excluding hydrogens is 465 g/mol. The third-order valence-electron chi connectivity index (χ3n) is 5.36. The summed E-state index contributed by atoms with van der Waals surface area (Å²) in [7, 11) is 0. The molecule has 0 aliphatic carbocycles. The summed E-state index contributed by atoms with van der Waals surface area (Å²) in [6, 6.07) is 19.6. The number of thioether (sulfide) groups is 1. The highest BCUT2D eigenvalue weighted by atomic mass is 32.2. The van der Waals surface area contributed by atoms with Crippen molar-refractivity contribution in [2.45, 2.75) is 30.5 Å². The summed E-state index contributed by atoms with van der Waals surface area (Å²) in [5, 5.41) is 15.7. The summed E-state index contributed by atoms with van der Waals surface area (Å²) in [6.45, 7) is 2.94. The molecule has 3 aromatic rings. The van der Waals surface area contributed by atoms with Crippen LogP contribution in [0.2, 0.25) is 0 Å². The lowest BCUT2D eigenvalue weighted by atomic mass is 10.1. The molecule has 176 valence electrons. The van der Waals surface area contributed by atoms with E-state index in [1.54, 1.807) is 12.1 Å². The zero-order chi connectivity index (χ0) is 24.6. The molecule has 1 N–H and O–H groups in total. The molecule has 0 fully saturated rings. The molecule has 1 atom stereocenters. The van der Waals surface area contributed by atoms with Crippen LogP contribution in [0.4, 0.5) is 18.9 Å². The lowest BCUT2D eigenvalue weighted by molar-refractivity contribution is -0.152. The third kappa shape index (κ3) is 4.95. The van der Waals surface area contributed by atoms with Gasteiger partial charge in [-0.25, -0.2) is 4.79 Å². The second kappa shape index (κ2) is 8.81. The number of fused-ring (bicyclic) bond motifs is 1. The molecule has 1 heterocycles. The number of carboxylic acids is 1. The molecule has 0 radical (unpaired) electrons. The number of benzene rings is 3. The second-order valence-electron chi connectivity index (χ2n) is 8.32. The second-order valence-corrected chi connectivity index (χ2v) is 9.34. The van der Waals surface area contributed by atoms with E-state index >= 15 is 0 Å². The number of hydrogen-bond donors (Lipinski definition) is 1. The number of aliphatic carboxylic acids is 1. The van der Waals surface area contributed by atoms with E-state index in [2.05, 4.69) is 0 Å². The van der Waals surface area contributed by atoms with E-state index in [1.165, 1.54) is 37.7 Å². The highest BCUT2D eigenvalue weighted by Gasteiger charge is 2.35. The normalized spacial score (nSPS) is 17.4. The van der Waals surface area contributed by atoms with E-state index in [0.717, 1.165) is 27.6 Å². The van der Waals surface area contributed by atoms with Gasteiger partial charge in [0.25, 0.3) is 0 Å². The highest BCUT2D eigenvalue weighted by Crippen LogP contribution is 2.36. The summed E-state index contributed by atoms with van der Waals surface area (Å²) in [5.41, 5.74) is -1.46. The van der Waals surface area contributed by atoms with Crippen LogP contribution in [0.3, 0.4) is 0 Å². The molecule has 0 spiro atoms. The standard InChI is InChI=1S/C25H21F3N2O3S/c1-24(2,23(31)32)33-20-11-13-21(14-12-20)34-16-30(15-17-5-3-4-6-22(17)29-30)19-9-7-18(8-10-19)25(26,27)28/h3-15H,16H2,1-2H3/p+1. The Bertz CT molecular complexity index is 1290. The van der Waals surface area contributed by atoms with Gasteiger partial charge < -0.3 is 9.84 Å². The largest absolute Gasteiger partial charge is 0.478 e. The third-order valence-corrected chi connectivity index (χ3v) is 6.49. The lowest BCUT2D eigenvalue weighted by Gasteiger charge is -2.25. The number of quaternary nitrogens is 1. The van der Waals surface area contributed by atoms with Crippen LogP contribution in [0.25, 0.3) is 6.20 Å². The van der Waals surface area contributed by atoms with Crippen LogP contribution in [0.1, 0.15) is 19.4 Å². The van der Waals surface area contributed by atoms with Gasteiger partial charge in [-0.15, -0.1) is 4.59 Å². The first-order chi connectivity index (χ1) is 16.0. The number of nitrogens with zero attached hydrogens (tertiary/aromatic N) is 2. The van der Waals surface area contributed by atoms with Crippen molar-refractivity contribution in [1.82, 2.24) is 4.59 Å². The Kier molecular flexibility index (Phi) is 6.18. The number of halogens is 3. The van der Waals surface area contributed by atoms with Crippen LogP contribution < -0.4 is 19.9 Å². The molecule has 3 aromatic carbocycles. The van der Waals surface area contributed by atoms with Gasteiger partial charge in [-0.1, -0.05) is 29.0 Å². The van der Waals surface area contributed by atoms with Crippen molar-refractivity contribution < 1.29 is 27.8 Å². The van der Waals surface area contributed by atoms with Gasteiger partial charge in [0, 0.05) is 17.0 Å². The molecule has 0 saturated heterocycles. The first-order valence-electron chi connectivity index (χ1n) is 10.4. The fourth-order valence-corrected chi connectivity index (χ4v) is 4.39. The fourth-order valence-electron chi connectivity index (χ4n) is 3.44. The Hall–Kier alpha value is -3.30. The molecule has 1 aliphatic rings. The average molecular weight is 488 g/mol. The SMILES string of the molecule is CC(C)(Oc1ccc(SC[N+]2(c3ccc(C(F)(F)F)cc3)C=c3ccccc3=N2)cc1)C(=O)O. The van der Waals surface area contributed by atoms with Gasteiger partial charge in [0.15, 0.2) is 17.2 Å².